The van der Waals surface area contributed by atoms with E-state index in [2.05, 4.69) is 72.1 Å². The third kappa shape index (κ3) is 7.44. The van der Waals surface area contributed by atoms with Crippen molar-refractivity contribution in [1.29, 1.82) is 0 Å². The van der Waals surface area contributed by atoms with Crippen LogP contribution in [0, 0.1) is 12.1 Å². The van der Waals surface area contributed by atoms with Crippen LogP contribution in [0.3, 0.4) is 0 Å². The van der Waals surface area contributed by atoms with Crippen molar-refractivity contribution in [3.8, 4) is 33.6 Å². The molecule has 245 valence electrons. The zero-order chi connectivity index (χ0) is 35.0. The molecule has 0 aliphatic rings. The molecule has 0 fully saturated rings. The molecule has 0 saturated carbocycles. The van der Waals surface area contributed by atoms with Gasteiger partial charge in [-0.2, -0.15) is 0 Å². The molecule has 48 heavy (non-hydrogen) atoms. The first-order valence-electron chi connectivity index (χ1n) is 17.1. The Morgan fingerprint density at radius 1 is 0.750 bits per heavy atom. The standard InChI is InChI=1S/C29H26NO.C14H16NSi.Ir/c1-18(2)21-15-16-30-26(17-21)24-14-13-23(20-9-6-5-7-10-20)27-25-12-8-11-22(19(3)4)28(25)31-29(24)27;1-16(2,3)13-9-10-14(15-11-13)12-7-5-4-6-8-12;/h5-13,15-19H,1-4H3;4-7,9-11H,1-3H3;/q2*-1;/i18D,19D;;. The SMILES string of the molecule is C[Si](C)(C)c1ccc(-c2[c-]cccc2)nc1.[2H]C(C)(C)c1ccnc(-c2[c-]cc(-c3ccccc3)c3c2oc2c(C([2H])(C)C)cccc23)c1.[Ir]. The van der Waals surface area contributed by atoms with Crippen LogP contribution in [0.4, 0.5) is 0 Å². The fraction of sp³-hybridized carbons (Fsp3) is 0.209. The van der Waals surface area contributed by atoms with E-state index in [1.54, 1.807) is 6.20 Å². The number of furan rings is 1. The van der Waals surface area contributed by atoms with Crippen molar-refractivity contribution in [1.82, 2.24) is 9.97 Å². The molecule has 0 aliphatic carbocycles. The summed E-state index contributed by atoms with van der Waals surface area (Å²) >= 11 is 0. The maximum absolute atomic E-state index is 8.66. The molecule has 0 N–H and O–H groups in total. The second-order valence-corrected chi connectivity index (χ2v) is 18.4. The zero-order valence-corrected chi connectivity index (χ0v) is 32.0. The average molecular weight is 825 g/mol. The topological polar surface area (TPSA) is 38.9 Å². The van der Waals surface area contributed by atoms with Crippen LogP contribution in [0.25, 0.3) is 55.6 Å². The van der Waals surface area contributed by atoms with Gasteiger partial charge in [0.1, 0.15) is 5.58 Å². The molecule has 7 rings (SSSR count). The minimum absolute atomic E-state index is 0. The van der Waals surface area contributed by atoms with Gasteiger partial charge in [-0.15, -0.1) is 48.0 Å². The molecule has 3 heterocycles. The Kier molecular flexibility index (Phi) is 10.1. The summed E-state index contributed by atoms with van der Waals surface area (Å²) in [5.41, 5.74) is 8.82. The Bertz CT molecular complexity index is 2220. The summed E-state index contributed by atoms with van der Waals surface area (Å²) < 4.78 is 23.6. The van der Waals surface area contributed by atoms with Gasteiger partial charge in [-0.25, -0.2) is 0 Å². The number of aromatic nitrogens is 2. The molecular weight excluding hydrogens is 781 g/mol. The molecule has 1 radical (unpaired) electrons. The fourth-order valence-corrected chi connectivity index (χ4v) is 6.74. The van der Waals surface area contributed by atoms with Gasteiger partial charge in [0, 0.05) is 40.6 Å². The van der Waals surface area contributed by atoms with E-state index in [4.69, 9.17) is 7.16 Å². The van der Waals surface area contributed by atoms with Crippen molar-refractivity contribution in [3.05, 3.63) is 139 Å². The molecule has 3 aromatic heterocycles. The van der Waals surface area contributed by atoms with Crippen LogP contribution in [-0.4, -0.2) is 18.0 Å². The van der Waals surface area contributed by atoms with E-state index >= 15 is 0 Å². The van der Waals surface area contributed by atoms with E-state index in [0.29, 0.717) is 5.58 Å². The van der Waals surface area contributed by atoms with Crippen molar-refractivity contribution >= 4 is 35.2 Å². The maximum atomic E-state index is 8.66. The largest absolute Gasteiger partial charge is 0.500 e. The molecule has 0 aliphatic heterocycles. The smallest absolute Gasteiger partial charge is 0.124 e. The van der Waals surface area contributed by atoms with Crippen LogP contribution in [0.15, 0.2) is 120 Å². The number of benzene rings is 4. The Balaban J connectivity index is 0.000000241. The van der Waals surface area contributed by atoms with Crippen molar-refractivity contribution in [3.63, 3.8) is 0 Å². The van der Waals surface area contributed by atoms with Gasteiger partial charge in [0.2, 0.25) is 0 Å². The average Bonchev–Trinajstić information content (AvgIpc) is 3.48. The third-order valence-corrected chi connectivity index (χ3v) is 10.4. The summed E-state index contributed by atoms with van der Waals surface area (Å²) in [7, 11) is -1.23. The molecule has 0 unspecified atom stereocenters. The second-order valence-electron chi connectivity index (χ2n) is 13.3. The molecule has 0 bridgehead atoms. The predicted octanol–water partition coefficient (Wildman–Crippen LogP) is 11.5. The van der Waals surface area contributed by atoms with Crippen LogP contribution in [0.1, 0.15) is 53.4 Å². The number of nitrogens with zero attached hydrogens (tertiary/aromatic N) is 2. The van der Waals surface area contributed by atoms with E-state index in [1.807, 2.05) is 107 Å². The fourth-order valence-electron chi connectivity index (χ4n) is 5.70. The summed E-state index contributed by atoms with van der Waals surface area (Å²) in [6, 6.07) is 40.9. The Morgan fingerprint density at radius 3 is 2.17 bits per heavy atom. The van der Waals surface area contributed by atoms with Gasteiger partial charge < -0.3 is 14.4 Å². The van der Waals surface area contributed by atoms with Gasteiger partial charge in [-0.3, -0.25) is 0 Å². The minimum atomic E-state index is -1.23. The maximum Gasteiger partial charge on any atom is 0.124 e. The summed E-state index contributed by atoms with van der Waals surface area (Å²) in [5.74, 6) is -1.55. The molecule has 4 aromatic carbocycles. The van der Waals surface area contributed by atoms with Crippen LogP contribution in [-0.2, 0) is 20.1 Å². The quantitative estimate of drug-likeness (QED) is 0.124. The molecular formula is C43H42IrN2OSi-2. The first kappa shape index (κ1) is 32.4. The van der Waals surface area contributed by atoms with E-state index < -0.39 is 19.9 Å². The molecule has 3 nitrogen and oxygen atoms in total. The minimum Gasteiger partial charge on any atom is -0.500 e. The van der Waals surface area contributed by atoms with E-state index in [-0.39, 0.29) is 20.1 Å². The van der Waals surface area contributed by atoms with Crippen LogP contribution >= 0.6 is 0 Å². The summed E-state index contributed by atoms with van der Waals surface area (Å²) in [6.45, 7) is 14.5. The van der Waals surface area contributed by atoms with Gasteiger partial charge in [-0.05, 0) is 45.4 Å². The Morgan fingerprint density at radius 2 is 1.52 bits per heavy atom. The molecule has 7 aromatic rings. The van der Waals surface area contributed by atoms with Gasteiger partial charge in [0.25, 0.3) is 0 Å². The second kappa shape index (κ2) is 14.9. The van der Waals surface area contributed by atoms with Gasteiger partial charge in [0.15, 0.2) is 0 Å². The number of pyridine rings is 2. The van der Waals surface area contributed by atoms with Gasteiger partial charge in [-0.1, -0.05) is 136 Å². The molecule has 0 spiro atoms. The number of rotatable bonds is 6. The van der Waals surface area contributed by atoms with E-state index in [0.717, 1.165) is 61.1 Å². The number of fused-ring (bicyclic) bond motifs is 3. The van der Waals surface area contributed by atoms with Crippen molar-refractivity contribution in [2.45, 2.75) is 59.1 Å². The molecule has 0 amide bonds. The van der Waals surface area contributed by atoms with E-state index in [9.17, 15) is 0 Å². The van der Waals surface area contributed by atoms with Crippen LogP contribution < -0.4 is 5.19 Å². The molecule has 0 saturated heterocycles. The first-order chi connectivity index (χ1) is 23.2. The first-order valence-corrected chi connectivity index (χ1v) is 19.6. The summed E-state index contributed by atoms with van der Waals surface area (Å²) in [5, 5.41) is 3.37. The van der Waals surface area contributed by atoms with Crippen molar-refractivity contribution in [2.24, 2.45) is 0 Å². The predicted molar refractivity (Wildman–Crippen MR) is 201 cm³/mol. The number of para-hydroxylation sites is 1. The summed E-state index contributed by atoms with van der Waals surface area (Å²) in [6.07, 6.45) is 3.76. The number of hydrogen-bond donors (Lipinski definition) is 0. The van der Waals surface area contributed by atoms with Crippen molar-refractivity contribution in [2.75, 3.05) is 0 Å². The number of hydrogen-bond acceptors (Lipinski definition) is 3. The Labute approximate surface area is 302 Å². The zero-order valence-electron chi connectivity index (χ0n) is 30.6. The van der Waals surface area contributed by atoms with Gasteiger partial charge >= 0.3 is 0 Å². The Hall–Kier alpha value is -4.15. The normalized spacial score (nSPS) is 12.5. The molecule has 5 heteroatoms. The van der Waals surface area contributed by atoms with Gasteiger partial charge in [0.05, 0.1) is 13.7 Å². The van der Waals surface area contributed by atoms with E-state index in [1.165, 1.54) is 5.19 Å². The summed E-state index contributed by atoms with van der Waals surface area (Å²) in [4.78, 5) is 9.12. The monoisotopic (exact) mass is 825 g/mol. The van der Waals surface area contributed by atoms with Crippen molar-refractivity contribution < 1.29 is 27.3 Å². The van der Waals surface area contributed by atoms with Crippen LogP contribution in [0.2, 0.25) is 19.6 Å². The third-order valence-electron chi connectivity index (χ3n) is 8.40. The molecule has 0 atom stereocenters. The van der Waals surface area contributed by atoms with Crippen LogP contribution in [0.5, 0.6) is 0 Å².